The van der Waals surface area contributed by atoms with E-state index >= 15 is 0 Å². The monoisotopic (exact) mass is 340 g/mol. The average molecular weight is 340 g/mol. The van der Waals surface area contributed by atoms with Crippen LogP contribution in [0.3, 0.4) is 0 Å². The summed E-state index contributed by atoms with van der Waals surface area (Å²) >= 11 is 0. The summed E-state index contributed by atoms with van der Waals surface area (Å²) in [5, 5.41) is 6.36. The molecule has 2 aromatic rings. The molecule has 4 nitrogen and oxygen atoms in total. The standard InChI is InChI=1S/C21H28N2O2/c1-14(2)17-8-6-7-16(4)21(17)23-20(24)11-12-22-18-13-15(3)9-10-19(18)25-5/h6-10,13-14,22H,11-12H2,1-5H3,(H,23,24). The Kier molecular flexibility index (Phi) is 6.45. The van der Waals surface area contributed by atoms with Gasteiger partial charge in [0.05, 0.1) is 12.8 Å². The molecule has 0 aromatic heterocycles. The number of benzene rings is 2. The number of aryl methyl sites for hydroxylation is 2. The highest BCUT2D eigenvalue weighted by Crippen LogP contribution is 2.28. The van der Waals surface area contributed by atoms with E-state index < -0.39 is 0 Å². The third-order valence-corrected chi connectivity index (χ3v) is 4.21. The Bertz CT molecular complexity index is 739. The molecule has 134 valence electrons. The van der Waals surface area contributed by atoms with Gasteiger partial charge in [-0.2, -0.15) is 0 Å². The van der Waals surface area contributed by atoms with E-state index in [0.29, 0.717) is 18.9 Å². The van der Waals surface area contributed by atoms with Crippen LogP contribution in [0.25, 0.3) is 0 Å². The van der Waals surface area contributed by atoms with Crippen molar-refractivity contribution in [2.24, 2.45) is 0 Å². The van der Waals surface area contributed by atoms with E-state index in [1.165, 1.54) is 5.56 Å². The van der Waals surface area contributed by atoms with Gasteiger partial charge in [-0.1, -0.05) is 38.1 Å². The number of para-hydroxylation sites is 1. The highest BCUT2D eigenvalue weighted by atomic mass is 16.5. The van der Waals surface area contributed by atoms with Crippen LogP contribution in [-0.4, -0.2) is 19.6 Å². The summed E-state index contributed by atoms with van der Waals surface area (Å²) in [6, 6.07) is 12.1. The summed E-state index contributed by atoms with van der Waals surface area (Å²) in [4.78, 5) is 12.4. The molecule has 0 radical (unpaired) electrons. The maximum atomic E-state index is 12.4. The Labute approximate surface area is 150 Å². The maximum absolute atomic E-state index is 12.4. The molecule has 0 aliphatic heterocycles. The molecular weight excluding hydrogens is 312 g/mol. The number of methoxy groups -OCH3 is 1. The number of carbonyl (C=O) groups is 1. The van der Waals surface area contributed by atoms with Crippen LogP contribution in [0.15, 0.2) is 36.4 Å². The number of rotatable bonds is 7. The van der Waals surface area contributed by atoms with E-state index in [-0.39, 0.29) is 5.91 Å². The first-order chi connectivity index (χ1) is 11.9. The lowest BCUT2D eigenvalue weighted by Crippen LogP contribution is -2.18. The summed E-state index contributed by atoms with van der Waals surface area (Å²) in [5.41, 5.74) is 5.26. The summed E-state index contributed by atoms with van der Waals surface area (Å²) in [7, 11) is 1.65. The lowest BCUT2D eigenvalue weighted by atomic mass is 9.98. The van der Waals surface area contributed by atoms with Crippen molar-refractivity contribution in [1.82, 2.24) is 0 Å². The number of ether oxygens (including phenoxy) is 1. The molecule has 0 atom stereocenters. The first-order valence-corrected chi connectivity index (χ1v) is 8.70. The first kappa shape index (κ1) is 18.8. The van der Waals surface area contributed by atoms with Crippen LogP contribution in [0.5, 0.6) is 5.75 Å². The Balaban J connectivity index is 1.97. The fraction of sp³-hybridized carbons (Fsp3) is 0.381. The molecule has 2 aromatic carbocycles. The van der Waals surface area contributed by atoms with Crippen LogP contribution in [0.1, 0.15) is 42.9 Å². The summed E-state index contributed by atoms with van der Waals surface area (Å²) in [6.45, 7) is 8.88. The van der Waals surface area contributed by atoms with Gasteiger partial charge in [-0.3, -0.25) is 4.79 Å². The third kappa shape index (κ3) is 4.99. The minimum absolute atomic E-state index is 0.00956. The van der Waals surface area contributed by atoms with Gasteiger partial charge >= 0.3 is 0 Å². The fourth-order valence-electron chi connectivity index (χ4n) is 2.81. The lowest BCUT2D eigenvalue weighted by molar-refractivity contribution is -0.115. The number of nitrogens with one attached hydrogen (secondary N) is 2. The van der Waals surface area contributed by atoms with E-state index in [0.717, 1.165) is 28.3 Å². The van der Waals surface area contributed by atoms with Crippen molar-refractivity contribution in [3.63, 3.8) is 0 Å². The number of amides is 1. The molecule has 0 spiro atoms. The van der Waals surface area contributed by atoms with Crippen LogP contribution in [-0.2, 0) is 4.79 Å². The van der Waals surface area contributed by atoms with Gasteiger partial charge in [-0.25, -0.2) is 0 Å². The SMILES string of the molecule is COc1ccc(C)cc1NCCC(=O)Nc1c(C)cccc1C(C)C. The molecular formula is C21H28N2O2. The molecule has 0 heterocycles. The number of anilines is 2. The third-order valence-electron chi connectivity index (χ3n) is 4.21. The summed E-state index contributed by atoms with van der Waals surface area (Å²) in [6.07, 6.45) is 0.392. The predicted octanol–water partition coefficient (Wildman–Crippen LogP) is 4.88. The van der Waals surface area contributed by atoms with Crippen molar-refractivity contribution in [3.8, 4) is 5.75 Å². The minimum Gasteiger partial charge on any atom is -0.495 e. The van der Waals surface area contributed by atoms with Crippen molar-refractivity contribution in [2.45, 2.75) is 40.0 Å². The van der Waals surface area contributed by atoms with Gasteiger partial charge in [0, 0.05) is 18.7 Å². The van der Waals surface area contributed by atoms with Crippen molar-refractivity contribution >= 4 is 17.3 Å². The Morgan fingerprint density at radius 2 is 1.92 bits per heavy atom. The first-order valence-electron chi connectivity index (χ1n) is 8.70. The zero-order valence-electron chi connectivity index (χ0n) is 15.8. The molecule has 0 fully saturated rings. The quantitative estimate of drug-likeness (QED) is 0.755. The molecule has 2 N–H and O–H groups in total. The van der Waals surface area contributed by atoms with Crippen LogP contribution in [0.2, 0.25) is 0 Å². The maximum Gasteiger partial charge on any atom is 0.226 e. The molecule has 1 amide bonds. The highest BCUT2D eigenvalue weighted by Gasteiger charge is 2.12. The number of hydrogen-bond acceptors (Lipinski definition) is 3. The fourth-order valence-corrected chi connectivity index (χ4v) is 2.81. The minimum atomic E-state index is 0.00956. The lowest BCUT2D eigenvalue weighted by Gasteiger charge is -2.17. The van der Waals surface area contributed by atoms with Crippen LogP contribution >= 0.6 is 0 Å². The van der Waals surface area contributed by atoms with Gasteiger partial charge in [0.25, 0.3) is 0 Å². The normalized spacial score (nSPS) is 10.6. The summed E-state index contributed by atoms with van der Waals surface area (Å²) < 4.78 is 5.35. The second kappa shape index (κ2) is 8.56. The zero-order chi connectivity index (χ0) is 18.4. The number of carbonyl (C=O) groups excluding carboxylic acids is 1. The Hall–Kier alpha value is -2.49. The van der Waals surface area contributed by atoms with Gasteiger partial charge in [0.15, 0.2) is 0 Å². The molecule has 0 saturated heterocycles. The van der Waals surface area contributed by atoms with Crippen molar-refractivity contribution in [1.29, 1.82) is 0 Å². The Morgan fingerprint density at radius 1 is 1.16 bits per heavy atom. The molecule has 25 heavy (non-hydrogen) atoms. The number of hydrogen-bond donors (Lipinski definition) is 2. The smallest absolute Gasteiger partial charge is 0.226 e. The van der Waals surface area contributed by atoms with Gasteiger partial charge in [-0.15, -0.1) is 0 Å². The van der Waals surface area contributed by atoms with Gasteiger partial charge < -0.3 is 15.4 Å². The topological polar surface area (TPSA) is 50.4 Å². The largest absolute Gasteiger partial charge is 0.495 e. The molecule has 0 unspecified atom stereocenters. The molecule has 0 saturated carbocycles. The van der Waals surface area contributed by atoms with Gasteiger partial charge in [-0.05, 0) is 48.6 Å². The van der Waals surface area contributed by atoms with E-state index in [1.54, 1.807) is 7.11 Å². The average Bonchev–Trinajstić information content (AvgIpc) is 2.56. The Morgan fingerprint density at radius 3 is 2.60 bits per heavy atom. The van der Waals surface area contributed by atoms with Crippen LogP contribution in [0.4, 0.5) is 11.4 Å². The molecule has 0 aliphatic rings. The van der Waals surface area contributed by atoms with E-state index in [9.17, 15) is 4.79 Å². The van der Waals surface area contributed by atoms with Crippen molar-refractivity contribution in [3.05, 3.63) is 53.1 Å². The molecule has 0 aliphatic carbocycles. The van der Waals surface area contributed by atoms with E-state index in [1.807, 2.05) is 44.2 Å². The van der Waals surface area contributed by atoms with Crippen LogP contribution in [0, 0.1) is 13.8 Å². The van der Waals surface area contributed by atoms with Crippen molar-refractivity contribution in [2.75, 3.05) is 24.3 Å². The molecule has 0 bridgehead atoms. The van der Waals surface area contributed by atoms with Gasteiger partial charge in [0.2, 0.25) is 5.91 Å². The summed E-state index contributed by atoms with van der Waals surface area (Å²) in [5.74, 6) is 1.16. The van der Waals surface area contributed by atoms with Crippen molar-refractivity contribution < 1.29 is 9.53 Å². The zero-order valence-corrected chi connectivity index (χ0v) is 15.8. The second-order valence-electron chi connectivity index (χ2n) is 6.62. The predicted molar refractivity (Wildman–Crippen MR) is 105 cm³/mol. The second-order valence-corrected chi connectivity index (χ2v) is 6.62. The highest BCUT2D eigenvalue weighted by molar-refractivity contribution is 5.92. The van der Waals surface area contributed by atoms with E-state index in [4.69, 9.17) is 4.74 Å². The molecule has 4 heteroatoms. The van der Waals surface area contributed by atoms with Gasteiger partial charge in [0.1, 0.15) is 5.75 Å². The molecule has 2 rings (SSSR count). The van der Waals surface area contributed by atoms with Crippen LogP contribution < -0.4 is 15.4 Å². The van der Waals surface area contributed by atoms with E-state index in [2.05, 4.69) is 30.5 Å².